The lowest BCUT2D eigenvalue weighted by Gasteiger charge is -2.03. The van der Waals surface area contributed by atoms with Crippen LogP contribution < -0.4 is 0 Å². The zero-order valence-corrected chi connectivity index (χ0v) is 7.48. The van der Waals surface area contributed by atoms with E-state index in [0.29, 0.717) is 0 Å². The largest absolute Gasteiger partial charge is 0.768 e. The molecule has 0 heterocycles. The van der Waals surface area contributed by atoms with Gasteiger partial charge in [-0.25, -0.2) is 0 Å². The van der Waals surface area contributed by atoms with E-state index in [1.54, 1.807) is 6.08 Å². The van der Waals surface area contributed by atoms with Crippen molar-refractivity contribution in [3.05, 3.63) is 35.3 Å². The molecule has 0 saturated heterocycles. The maximum absolute atomic E-state index is 10.4. The van der Waals surface area contributed by atoms with Crippen LogP contribution in [0.25, 0.3) is 0 Å². The Hall–Kier alpha value is -0.670. The van der Waals surface area contributed by atoms with Crippen molar-refractivity contribution in [1.29, 1.82) is 0 Å². The maximum atomic E-state index is 10.4. The van der Waals surface area contributed by atoms with Gasteiger partial charge in [-0.05, 0) is 31.0 Å². The van der Waals surface area contributed by atoms with Gasteiger partial charge in [0.2, 0.25) is 0 Å². The summed E-state index contributed by atoms with van der Waals surface area (Å²) in [6.45, 7) is 7.16. The monoisotopic (exact) mass is 171 g/mol. The van der Waals surface area contributed by atoms with Crippen LogP contribution >= 0.6 is 0 Å². The Labute approximate surface area is 69.6 Å². The molecule has 0 aromatic heterocycles. The fraction of sp³-hybridized carbons (Fsp3) is 0.250. The highest BCUT2D eigenvalue weighted by Gasteiger charge is 1.86. The molecule has 2 nitrogen and oxygen atoms in total. The molecule has 0 aliphatic carbocycles. The minimum atomic E-state index is -2.17. The molecular weight excluding hydrogens is 160 g/mol. The normalized spacial score (nSPS) is 13.9. The first-order valence-electron chi connectivity index (χ1n) is 3.15. The molecule has 62 valence electrons. The molecule has 0 saturated carbocycles. The van der Waals surface area contributed by atoms with E-state index >= 15 is 0 Å². The van der Waals surface area contributed by atoms with Gasteiger partial charge in [0.1, 0.15) is 0 Å². The zero-order valence-electron chi connectivity index (χ0n) is 6.66. The SMILES string of the molecule is C=CC(=CC=C(C)C)S(=O)[O-]. The highest BCUT2D eigenvalue weighted by atomic mass is 32.2. The van der Waals surface area contributed by atoms with Crippen molar-refractivity contribution in [2.45, 2.75) is 13.8 Å². The Morgan fingerprint density at radius 2 is 2.00 bits per heavy atom. The standard InChI is InChI=1S/C8H12O2S/c1-4-8(11(9)10)6-5-7(2)3/h4-6H,1H2,2-3H3,(H,9,10)/p-1. The van der Waals surface area contributed by atoms with Crippen molar-refractivity contribution >= 4 is 11.1 Å². The molecule has 1 unspecified atom stereocenters. The Morgan fingerprint density at radius 1 is 1.45 bits per heavy atom. The van der Waals surface area contributed by atoms with Gasteiger partial charge in [0.05, 0.1) is 0 Å². The van der Waals surface area contributed by atoms with Crippen LogP contribution in [0.2, 0.25) is 0 Å². The summed E-state index contributed by atoms with van der Waals surface area (Å²) in [5.41, 5.74) is 1.05. The van der Waals surface area contributed by atoms with Crippen molar-refractivity contribution in [2.24, 2.45) is 0 Å². The Balaban J connectivity index is 4.50. The van der Waals surface area contributed by atoms with Crippen LogP contribution in [0.4, 0.5) is 0 Å². The first kappa shape index (κ1) is 10.3. The predicted molar refractivity (Wildman–Crippen MR) is 46.6 cm³/mol. The third kappa shape index (κ3) is 4.70. The van der Waals surface area contributed by atoms with Crippen LogP contribution in [0.15, 0.2) is 35.3 Å². The van der Waals surface area contributed by atoms with Crippen LogP contribution in [0.1, 0.15) is 13.8 Å². The molecule has 0 aromatic carbocycles. The van der Waals surface area contributed by atoms with E-state index in [1.807, 2.05) is 13.8 Å². The summed E-state index contributed by atoms with van der Waals surface area (Å²) in [6, 6.07) is 0. The second kappa shape index (κ2) is 5.04. The van der Waals surface area contributed by atoms with Gasteiger partial charge in [0.15, 0.2) is 0 Å². The molecule has 11 heavy (non-hydrogen) atoms. The summed E-state index contributed by atoms with van der Waals surface area (Å²) in [5, 5.41) is 0. The van der Waals surface area contributed by atoms with E-state index in [1.165, 1.54) is 12.2 Å². The van der Waals surface area contributed by atoms with Crippen molar-refractivity contribution in [3.8, 4) is 0 Å². The minimum Gasteiger partial charge on any atom is -0.768 e. The highest BCUT2D eigenvalue weighted by Crippen LogP contribution is 2.01. The van der Waals surface area contributed by atoms with Crippen LogP contribution in [0.5, 0.6) is 0 Å². The number of hydrogen-bond donors (Lipinski definition) is 0. The van der Waals surface area contributed by atoms with Gasteiger partial charge < -0.3 is 4.55 Å². The van der Waals surface area contributed by atoms with Crippen LogP contribution in [0, 0.1) is 0 Å². The first-order chi connectivity index (χ1) is 5.07. The van der Waals surface area contributed by atoms with Gasteiger partial charge in [-0.2, -0.15) is 0 Å². The molecule has 0 bridgehead atoms. The third-order valence-corrected chi connectivity index (χ3v) is 1.66. The van der Waals surface area contributed by atoms with Crippen molar-refractivity contribution < 1.29 is 8.76 Å². The molecule has 0 aliphatic heterocycles. The fourth-order valence-electron chi connectivity index (χ4n) is 0.440. The quantitative estimate of drug-likeness (QED) is 0.480. The van der Waals surface area contributed by atoms with Crippen LogP contribution in [-0.2, 0) is 11.1 Å². The van der Waals surface area contributed by atoms with Gasteiger partial charge in [-0.15, -0.1) is 0 Å². The summed E-state index contributed by atoms with van der Waals surface area (Å²) in [4.78, 5) is 0.214. The second-order valence-electron chi connectivity index (χ2n) is 2.25. The second-order valence-corrected chi connectivity index (χ2v) is 3.19. The van der Waals surface area contributed by atoms with Crippen molar-refractivity contribution in [2.75, 3.05) is 0 Å². The lowest BCUT2D eigenvalue weighted by Crippen LogP contribution is -1.87. The van der Waals surface area contributed by atoms with Crippen molar-refractivity contribution in [1.82, 2.24) is 0 Å². The van der Waals surface area contributed by atoms with E-state index in [2.05, 4.69) is 6.58 Å². The van der Waals surface area contributed by atoms with Gasteiger partial charge >= 0.3 is 0 Å². The van der Waals surface area contributed by atoms with E-state index in [4.69, 9.17) is 0 Å². The maximum Gasteiger partial charge on any atom is 0.0242 e. The minimum absolute atomic E-state index is 0.214. The smallest absolute Gasteiger partial charge is 0.0242 e. The average molecular weight is 171 g/mol. The molecule has 0 aromatic rings. The number of rotatable bonds is 3. The number of hydrogen-bond acceptors (Lipinski definition) is 2. The summed E-state index contributed by atoms with van der Waals surface area (Å²) >= 11 is -2.17. The van der Waals surface area contributed by atoms with Crippen molar-refractivity contribution in [3.63, 3.8) is 0 Å². The Kier molecular flexibility index (Phi) is 4.74. The van der Waals surface area contributed by atoms with Gasteiger partial charge in [-0.1, -0.05) is 24.3 Å². The van der Waals surface area contributed by atoms with E-state index < -0.39 is 11.1 Å². The molecule has 0 aliphatic rings. The summed E-state index contributed by atoms with van der Waals surface area (Å²) in [6.07, 6.45) is 4.56. The lowest BCUT2D eigenvalue weighted by molar-refractivity contribution is 0.544. The Bertz CT molecular complexity index is 222. The Morgan fingerprint density at radius 3 is 2.27 bits per heavy atom. The molecule has 1 atom stereocenters. The zero-order chi connectivity index (χ0) is 8.85. The van der Waals surface area contributed by atoms with E-state index in [0.717, 1.165) is 5.57 Å². The fourth-order valence-corrected chi connectivity index (χ4v) is 0.756. The molecule has 0 spiro atoms. The van der Waals surface area contributed by atoms with E-state index in [9.17, 15) is 8.76 Å². The lowest BCUT2D eigenvalue weighted by atomic mass is 10.3. The van der Waals surface area contributed by atoms with Crippen LogP contribution in [-0.4, -0.2) is 8.76 Å². The highest BCUT2D eigenvalue weighted by molar-refractivity contribution is 7.83. The molecule has 0 fully saturated rings. The summed E-state index contributed by atoms with van der Waals surface area (Å²) < 4.78 is 20.7. The molecule has 0 N–H and O–H groups in total. The topological polar surface area (TPSA) is 40.1 Å². The van der Waals surface area contributed by atoms with Gasteiger partial charge in [0.25, 0.3) is 0 Å². The van der Waals surface area contributed by atoms with Gasteiger partial charge in [0, 0.05) is 4.91 Å². The average Bonchev–Trinajstić information content (AvgIpc) is 1.87. The first-order valence-corrected chi connectivity index (χ1v) is 4.22. The predicted octanol–water partition coefficient (Wildman–Crippen LogP) is 1.90. The van der Waals surface area contributed by atoms with E-state index in [-0.39, 0.29) is 4.91 Å². The molecule has 3 heteroatoms. The van der Waals surface area contributed by atoms with Gasteiger partial charge in [-0.3, -0.25) is 4.21 Å². The number of allylic oxidation sites excluding steroid dienone is 4. The molecular formula is C8H11O2S-. The molecule has 0 rings (SSSR count). The van der Waals surface area contributed by atoms with Crippen LogP contribution in [0.3, 0.4) is 0 Å². The summed E-state index contributed by atoms with van der Waals surface area (Å²) in [7, 11) is 0. The summed E-state index contributed by atoms with van der Waals surface area (Å²) in [5.74, 6) is 0. The third-order valence-electron chi connectivity index (χ3n) is 0.975. The molecule has 0 amide bonds. The molecule has 0 radical (unpaired) electrons.